The van der Waals surface area contributed by atoms with Gasteiger partial charge in [0, 0.05) is 17.8 Å². The van der Waals surface area contributed by atoms with Gasteiger partial charge in [0.1, 0.15) is 0 Å². The first-order valence-electron chi connectivity index (χ1n) is 3.69. The minimum atomic E-state index is -1.57. The number of nitrogens with two attached hydrogens (primary N) is 1. The van der Waals surface area contributed by atoms with E-state index in [2.05, 4.69) is 5.32 Å². The molecule has 1 aromatic rings. The molecule has 0 fully saturated rings. The molecule has 0 aromatic heterocycles. The third-order valence-electron chi connectivity index (χ3n) is 1.45. The fourth-order valence-electron chi connectivity index (χ4n) is 0.840. The molecule has 0 aliphatic rings. The van der Waals surface area contributed by atoms with Crippen molar-refractivity contribution in [2.45, 2.75) is 0 Å². The van der Waals surface area contributed by atoms with Crippen molar-refractivity contribution in [2.24, 2.45) is 5.73 Å². The molecule has 1 aromatic carbocycles. The van der Waals surface area contributed by atoms with E-state index in [-0.39, 0.29) is 12.2 Å². The summed E-state index contributed by atoms with van der Waals surface area (Å²) in [6, 6.07) is 1.35. The average molecular weight is 204 g/mol. The van der Waals surface area contributed by atoms with Crippen molar-refractivity contribution in [1.29, 1.82) is 0 Å². The van der Waals surface area contributed by atoms with Gasteiger partial charge in [0.25, 0.3) is 0 Å². The van der Waals surface area contributed by atoms with Crippen molar-refractivity contribution < 1.29 is 18.0 Å². The van der Waals surface area contributed by atoms with E-state index < -0.39 is 23.4 Å². The molecule has 0 radical (unpaired) electrons. The molecule has 0 unspecified atom stereocenters. The van der Waals surface area contributed by atoms with E-state index in [9.17, 15) is 18.0 Å². The summed E-state index contributed by atoms with van der Waals surface area (Å²) in [6.07, 6.45) is 0. The van der Waals surface area contributed by atoms with Crippen molar-refractivity contribution in [3.8, 4) is 0 Å². The minimum Gasteiger partial charge on any atom is -0.325 e. The summed E-state index contributed by atoms with van der Waals surface area (Å²) >= 11 is 0. The number of anilines is 1. The van der Waals surface area contributed by atoms with Gasteiger partial charge < -0.3 is 11.1 Å². The summed E-state index contributed by atoms with van der Waals surface area (Å²) in [6.45, 7) is -0.319. The highest BCUT2D eigenvalue weighted by atomic mass is 19.2. The molecule has 0 saturated heterocycles. The van der Waals surface area contributed by atoms with E-state index in [0.717, 1.165) is 0 Å². The molecule has 0 bridgehead atoms. The van der Waals surface area contributed by atoms with Crippen LogP contribution >= 0.6 is 0 Å². The van der Waals surface area contributed by atoms with Crippen molar-refractivity contribution in [1.82, 2.24) is 0 Å². The second-order valence-electron chi connectivity index (χ2n) is 2.51. The van der Waals surface area contributed by atoms with Crippen LogP contribution in [0.2, 0.25) is 0 Å². The predicted octanol–water partition coefficient (Wildman–Crippen LogP) is 1.00. The average Bonchev–Trinajstić information content (AvgIpc) is 2.14. The maximum atomic E-state index is 12.6. The maximum Gasteiger partial charge on any atom is 0.238 e. The van der Waals surface area contributed by atoms with Crippen molar-refractivity contribution in [3.63, 3.8) is 0 Å². The second-order valence-corrected chi connectivity index (χ2v) is 2.51. The van der Waals surface area contributed by atoms with Crippen molar-refractivity contribution in [3.05, 3.63) is 29.6 Å². The summed E-state index contributed by atoms with van der Waals surface area (Å²) in [5, 5.41) is 2.09. The molecule has 0 aliphatic heterocycles. The summed E-state index contributed by atoms with van der Waals surface area (Å²) in [7, 11) is 0. The Morgan fingerprint density at radius 2 is 1.79 bits per heavy atom. The topological polar surface area (TPSA) is 55.1 Å². The Hall–Kier alpha value is -1.56. The number of hydrogen-bond donors (Lipinski definition) is 2. The Kier molecular flexibility index (Phi) is 3.08. The zero-order chi connectivity index (χ0) is 10.7. The number of halogens is 3. The highest BCUT2D eigenvalue weighted by Gasteiger charge is 2.11. The zero-order valence-electron chi connectivity index (χ0n) is 6.98. The molecule has 3 nitrogen and oxygen atoms in total. The van der Waals surface area contributed by atoms with Gasteiger partial charge in [0.2, 0.25) is 5.91 Å². The molecule has 1 amide bonds. The lowest BCUT2D eigenvalue weighted by molar-refractivity contribution is -0.114. The number of amides is 1. The van der Waals surface area contributed by atoms with Gasteiger partial charge in [-0.05, 0) is 0 Å². The largest absolute Gasteiger partial charge is 0.325 e. The molecule has 0 spiro atoms. The Morgan fingerprint density at radius 1 is 1.29 bits per heavy atom. The third kappa shape index (κ3) is 2.23. The standard InChI is InChI=1S/C8H7F3N2O/c9-5-1-4(13-7(14)3-12)2-6(10)8(5)11/h1-2H,3,12H2,(H,13,14). The molecule has 14 heavy (non-hydrogen) atoms. The summed E-state index contributed by atoms with van der Waals surface area (Å²) < 4.78 is 37.6. The first-order chi connectivity index (χ1) is 6.54. The van der Waals surface area contributed by atoms with Crippen LogP contribution in [0.5, 0.6) is 0 Å². The van der Waals surface area contributed by atoms with E-state index >= 15 is 0 Å². The Labute approximate surface area is 77.7 Å². The summed E-state index contributed by atoms with van der Waals surface area (Å²) in [5.74, 6) is -4.92. The Bertz CT molecular complexity index is 345. The van der Waals surface area contributed by atoms with E-state index in [1.807, 2.05) is 0 Å². The quantitative estimate of drug-likeness (QED) is 0.706. The lowest BCUT2D eigenvalue weighted by Gasteiger charge is -2.04. The maximum absolute atomic E-state index is 12.6. The first-order valence-corrected chi connectivity index (χ1v) is 3.69. The summed E-state index contributed by atoms with van der Waals surface area (Å²) in [5.41, 5.74) is 4.78. The van der Waals surface area contributed by atoms with E-state index in [4.69, 9.17) is 5.73 Å². The molecule has 3 N–H and O–H groups in total. The highest BCUT2D eigenvalue weighted by Crippen LogP contribution is 2.16. The minimum absolute atomic E-state index is 0.170. The van der Waals surface area contributed by atoms with Gasteiger partial charge in [-0.3, -0.25) is 4.79 Å². The smallest absolute Gasteiger partial charge is 0.238 e. The highest BCUT2D eigenvalue weighted by molar-refractivity contribution is 5.92. The monoisotopic (exact) mass is 204 g/mol. The molecule has 0 saturated carbocycles. The van der Waals surface area contributed by atoms with Crippen LogP contribution in [0, 0.1) is 17.5 Å². The fourth-order valence-corrected chi connectivity index (χ4v) is 0.840. The zero-order valence-corrected chi connectivity index (χ0v) is 6.98. The molecular weight excluding hydrogens is 197 g/mol. The van der Waals surface area contributed by atoms with Crippen LogP contribution < -0.4 is 11.1 Å². The predicted molar refractivity (Wildman–Crippen MR) is 44.0 cm³/mol. The van der Waals surface area contributed by atoms with Crippen LogP contribution in [0.15, 0.2) is 12.1 Å². The normalized spacial score (nSPS) is 10.0. The van der Waals surface area contributed by atoms with Crippen molar-refractivity contribution >= 4 is 11.6 Å². The van der Waals surface area contributed by atoms with Gasteiger partial charge in [-0.2, -0.15) is 0 Å². The van der Waals surface area contributed by atoms with Gasteiger partial charge in [-0.15, -0.1) is 0 Å². The van der Waals surface area contributed by atoms with E-state index in [1.54, 1.807) is 0 Å². The molecule has 1 rings (SSSR count). The van der Waals surface area contributed by atoms with Crippen LogP contribution in [0.25, 0.3) is 0 Å². The van der Waals surface area contributed by atoms with E-state index in [1.165, 1.54) is 0 Å². The van der Waals surface area contributed by atoms with Gasteiger partial charge in [-0.1, -0.05) is 0 Å². The van der Waals surface area contributed by atoms with Gasteiger partial charge in [0.05, 0.1) is 6.54 Å². The Morgan fingerprint density at radius 3 is 2.21 bits per heavy atom. The molecule has 0 atom stereocenters. The molecular formula is C8H7F3N2O. The number of benzene rings is 1. The van der Waals surface area contributed by atoms with Gasteiger partial charge >= 0.3 is 0 Å². The number of carbonyl (C=O) groups is 1. The Balaban J connectivity index is 2.95. The summed E-state index contributed by atoms with van der Waals surface area (Å²) in [4.78, 5) is 10.7. The SMILES string of the molecule is NCC(=O)Nc1cc(F)c(F)c(F)c1. The molecule has 76 valence electrons. The van der Waals surface area contributed by atoms with Crippen LogP contribution in [0.4, 0.5) is 18.9 Å². The number of nitrogens with one attached hydrogen (secondary N) is 1. The van der Waals surface area contributed by atoms with Crippen LogP contribution in [-0.4, -0.2) is 12.5 Å². The van der Waals surface area contributed by atoms with Crippen LogP contribution in [0.3, 0.4) is 0 Å². The van der Waals surface area contributed by atoms with Gasteiger partial charge in [-0.25, -0.2) is 13.2 Å². The molecule has 0 aliphatic carbocycles. The number of hydrogen-bond acceptors (Lipinski definition) is 2. The third-order valence-corrected chi connectivity index (χ3v) is 1.45. The number of carbonyl (C=O) groups excluding carboxylic acids is 1. The lowest BCUT2D eigenvalue weighted by atomic mass is 10.3. The van der Waals surface area contributed by atoms with Crippen molar-refractivity contribution in [2.75, 3.05) is 11.9 Å². The lowest BCUT2D eigenvalue weighted by Crippen LogP contribution is -2.22. The second kappa shape index (κ2) is 4.10. The van der Waals surface area contributed by atoms with E-state index in [0.29, 0.717) is 12.1 Å². The molecule has 0 heterocycles. The van der Waals surface area contributed by atoms with Crippen LogP contribution in [0.1, 0.15) is 0 Å². The molecule has 6 heteroatoms. The fraction of sp³-hybridized carbons (Fsp3) is 0.125. The number of rotatable bonds is 2. The van der Waals surface area contributed by atoms with Crippen LogP contribution in [-0.2, 0) is 4.79 Å². The van der Waals surface area contributed by atoms with Gasteiger partial charge in [0.15, 0.2) is 17.5 Å². The first kappa shape index (κ1) is 10.5.